The van der Waals surface area contributed by atoms with E-state index in [1.807, 2.05) is 13.8 Å². The SMILES string of the molecule is CC(C)NC(=O)C1CCN(CCC(=O)Nc2sccc2C(N)=O)CC1. The Balaban J connectivity index is 1.72. The first-order valence-corrected chi connectivity index (χ1v) is 9.44. The molecule has 1 fully saturated rings. The molecule has 1 aliphatic rings. The summed E-state index contributed by atoms with van der Waals surface area (Å²) in [5, 5.41) is 7.93. The van der Waals surface area contributed by atoms with Gasteiger partial charge >= 0.3 is 0 Å². The minimum Gasteiger partial charge on any atom is -0.366 e. The summed E-state index contributed by atoms with van der Waals surface area (Å²) >= 11 is 1.29. The van der Waals surface area contributed by atoms with Crippen LogP contribution in [0.15, 0.2) is 11.4 Å². The van der Waals surface area contributed by atoms with Gasteiger partial charge in [-0.2, -0.15) is 0 Å². The molecule has 7 nitrogen and oxygen atoms in total. The fraction of sp³-hybridized carbons (Fsp3) is 0.588. The highest BCUT2D eigenvalue weighted by atomic mass is 32.1. The Morgan fingerprint density at radius 2 is 2.00 bits per heavy atom. The van der Waals surface area contributed by atoms with Gasteiger partial charge in [-0.3, -0.25) is 14.4 Å². The number of nitrogens with zero attached hydrogens (tertiary/aromatic N) is 1. The quantitative estimate of drug-likeness (QED) is 0.678. The van der Waals surface area contributed by atoms with Crippen LogP contribution in [-0.2, 0) is 9.59 Å². The summed E-state index contributed by atoms with van der Waals surface area (Å²) in [4.78, 5) is 37.5. The Labute approximate surface area is 151 Å². The van der Waals surface area contributed by atoms with E-state index in [0.717, 1.165) is 25.9 Å². The first-order valence-electron chi connectivity index (χ1n) is 8.56. The van der Waals surface area contributed by atoms with Crippen molar-refractivity contribution in [1.29, 1.82) is 0 Å². The third-order valence-corrected chi connectivity index (χ3v) is 5.06. The van der Waals surface area contributed by atoms with Crippen LogP contribution in [0.2, 0.25) is 0 Å². The number of piperidine rings is 1. The summed E-state index contributed by atoms with van der Waals surface area (Å²) in [5.74, 6) is -0.483. The van der Waals surface area contributed by atoms with Gasteiger partial charge in [0.2, 0.25) is 11.8 Å². The predicted molar refractivity (Wildman–Crippen MR) is 98.5 cm³/mol. The number of primary amides is 1. The van der Waals surface area contributed by atoms with Crippen molar-refractivity contribution in [1.82, 2.24) is 10.2 Å². The van der Waals surface area contributed by atoms with Crippen molar-refractivity contribution in [3.63, 3.8) is 0 Å². The highest BCUT2D eigenvalue weighted by Crippen LogP contribution is 2.23. The minimum atomic E-state index is -0.543. The first-order chi connectivity index (χ1) is 11.9. The first kappa shape index (κ1) is 19.4. The summed E-state index contributed by atoms with van der Waals surface area (Å²) in [5.41, 5.74) is 5.61. The Kier molecular flexibility index (Phi) is 6.95. The van der Waals surface area contributed by atoms with Crippen LogP contribution >= 0.6 is 11.3 Å². The number of carbonyl (C=O) groups is 3. The van der Waals surface area contributed by atoms with E-state index in [9.17, 15) is 14.4 Å². The molecule has 25 heavy (non-hydrogen) atoms. The average molecular weight is 366 g/mol. The zero-order chi connectivity index (χ0) is 18.4. The average Bonchev–Trinajstić information content (AvgIpc) is 3.01. The molecule has 2 heterocycles. The lowest BCUT2D eigenvalue weighted by atomic mass is 9.95. The minimum absolute atomic E-state index is 0.0664. The standard InChI is InChI=1S/C17H26N4O3S/c1-11(2)19-16(24)12-3-7-21(8-4-12)9-5-14(22)20-17-13(15(18)23)6-10-25-17/h6,10-12H,3-5,7-9H2,1-2H3,(H2,18,23)(H,19,24)(H,20,22). The Morgan fingerprint density at radius 1 is 1.32 bits per heavy atom. The molecule has 0 aliphatic carbocycles. The number of hydrogen-bond acceptors (Lipinski definition) is 5. The Morgan fingerprint density at radius 3 is 2.60 bits per heavy atom. The third kappa shape index (κ3) is 5.82. The largest absolute Gasteiger partial charge is 0.366 e. The number of amides is 3. The van der Waals surface area contributed by atoms with E-state index in [2.05, 4.69) is 15.5 Å². The van der Waals surface area contributed by atoms with Gasteiger partial charge in [0.1, 0.15) is 5.00 Å². The molecule has 1 aromatic heterocycles. The van der Waals surface area contributed by atoms with Crippen molar-refractivity contribution in [3.05, 3.63) is 17.0 Å². The van der Waals surface area contributed by atoms with Crippen LogP contribution < -0.4 is 16.4 Å². The van der Waals surface area contributed by atoms with Crippen LogP contribution in [-0.4, -0.2) is 48.3 Å². The van der Waals surface area contributed by atoms with Gasteiger partial charge in [0, 0.05) is 24.9 Å². The number of nitrogens with two attached hydrogens (primary N) is 1. The van der Waals surface area contributed by atoms with Crippen LogP contribution in [0.3, 0.4) is 0 Å². The molecule has 3 amide bonds. The second-order valence-electron chi connectivity index (χ2n) is 6.61. The third-order valence-electron chi connectivity index (χ3n) is 4.23. The molecule has 0 saturated carbocycles. The molecule has 0 atom stereocenters. The zero-order valence-electron chi connectivity index (χ0n) is 14.7. The lowest BCUT2D eigenvalue weighted by molar-refractivity contribution is -0.127. The molecular weight excluding hydrogens is 340 g/mol. The van der Waals surface area contributed by atoms with Gasteiger partial charge in [0.15, 0.2) is 0 Å². The second-order valence-corrected chi connectivity index (χ2v) is 7.52. The van der Waals surface area contributed by atoms with Crippen LogP contribution in [0.5, 0.6) is 0 Å². The molecule has 0 aromatic carbocycles. The molecule has 0 radical (unpaired) electrons. The molecule has 2 rings (SSSR count). The van der Waals surface area contributed by atoms with E-state index in [0.29, 0.717) is 23.5 Å². The Hall–Kier alpha value is -1.93. The second kappa shape index (κ2) is 8.96. The molecule has 1 aromatic rings. The molecule has 0 unspecified atom stereocenters. The predicted octanol–water partition coefficient (Wildman–Crippen LogP) is 1.41. The summed E-state index contributed by atoms with van der Waals surface area (Å²) in [6, 6.07) is 1.77. The van der Waals surface area contributed by atoms with E-state index in [1.54, 1.807) is 11.4 Å². The topological polar surface area (TPSA) is 105 Å². The fourth-order valence-electron chi connectivity index (χ4n) is 2.87. The molecule has 1 saturated heterocycles. The number of rotatable bonds is 7. The number of anilines is 1. The van der Waals surface area contributed by atoms with Crippen molar-refractivity contribution >= 4 is 34.1 Å². The van der Waals surface area contributed by atoms with Crippen LogP contribution in [0.25, 0.3) is 0 Å². The number of likely N-dealkylation sites (tertiary alicyclic amines) is 1. The number of thiophene rings is 1. The summed E-state index contributed by atoms with van der Waals surface area (Å²) in [7, 11) is 0. The normalized spacial score (nSPS) is 16.0. The van der Waals surface area contributed by atoms with Gasteiger partial charge in [-0.05, 0) is 51.2 Å². The lowest BCUT2D eigenvalue weighted by Crippen LogP contribution is -2.43. The van der Waals surface area contributed by atoms with Crippen LogP contribution in [0, 0.1) is 5.92 Å². The van der Waals surface area contributed by atoms with Gasteiger partial charge in [-0.15, -0.1) is 11.3 Å². The molecule has 0 spiro atoms. The molecule has 4 N–H and O–H groups in total. The van der Waals surface area contributed by atoms with Crippen molar-refractivity contribution in [3.8, 4) is 0 Å². The maximum atomic E-state index is 12.1. The van der Waals surface area contributed by atoms with Gasteiger partial charge in [-0.1, -0.05) is 0 Å². The fourth-order valence-corrected chi connectivity index (χ4v) is 3.68. The van der Waals surface area contributed by atoms with Gasteiger partial charge in [0.25, 0.3) is 5.91 Å². The highest BCUT2D eigenvalue weighted by Gasteiger charge is 2.25. The van der Waals surface area contributed by atoms with Crippen molar-refractivity contribution in [2.45, 2.75) is 39.2 Å². The maximum Gasteiger partial charge on any atom is 0.251 e. The zero-order valence-corrected chi connectivity index (χ0v) is 15.5. The summed E-state index contributed by atoms with van der Waals surface area (Å²) < 4.78 is 0. The maximum absolute atomic E-state index is 12.1. The van der Waals surface area contributed by atoms with Crippen molar-refractivity contribution in [2.75, 3.05) is 25.0 Å². The molecule has 0 bridgehead atoms. The highest BCUT2D eigenvalue weighted by molar-refractivity contribution is 7.14. The molecule has 138 valence electrons. The summed E-state index contributed by atoms with van der Waals surface area (Å²) in [6.07, 6.45) is 1.98. The summed E-state index contributed by atoms with van der Waals surface area (Å²) in [6.45, 7) is 6.19. The number of carbonyl (C=O) groups excluding carboxylic acids is 3. The van der Waals surface area contributed by atoms with Crippen LogP contribution in [0.1, 0.15) is 43.5 Å². The number of nitrogens with one attached hydrogen (secondary N) is 2. The molecule has 1 aliphatic heterocycles. The van der Waals surface area contributed by atoms with Crippen molar-refractivity contribution < 1.29 is 14.4 Å². The monoisotopic (exact) mass is 366 g/mol. The van der Waals surface area contributed by atoms with Gasteiger partial charge in [0.05, 0.1) is 5.56 Å². The van der Waals surface area contributed by atoms with Gasteiger partial charge in [-0.25, -0.2) is 0 Å². The molecule has 8 heteroatoms. The van der Waals surface area contributed by atoms with E-state index in [-0.39, 0.29) is 23.8 Å². The van der Waals surface area contributed by atoms with E-state index in [4.69, 9.17) is 5.73 Å². The van der Waals surface area contributed by atoms with E-state index < -0.39 is 5.91 Å². The van der Waals surface area contributed by atoms with E-state index in [1.165, 1.54) is 11.3 Å². The van der Waals surface area contributed by atoms with Crippen molar-refractivity contribution in [2.24, 2.45) is 11.7 Å². The number of hydrogen-bond donors (Lipinski definition) is 3. The van der Waals surface area contributed by atoms with Gasteiger partial charge < -0.3 is 21.3 Å². The molecular formula is C17H26N4O3S. The van der Waals surface area contributed by atoms with Crippen LogP contribution in [0.4, 0.5) is 5.00 Å². The lowest BCUT2D eigenvalue weighted by Gasteiger charge is -2.31. The smallest absolute Gasteiger partial charge is 0.251 e. The Bertz CT molecular complexity index is 621. The van der Waals surface area contributed by atoms with E-state index >= 15 is 0 Å².